The zero-order chi connectivity index (χ0) is 28.9. The van der Waals surface area contributed by atoms with Crippen molar-refractivity contribution in [3.63, 3.8) is 0 Å². The van der Waals surface area contributed by atoms with Crippen molar-refractivity contribution in [2.45, 2.75) is 60.1 Å². The number of carbonyl (C=O) groups excluding carboxylic acids is 1. The van der Waals surface area contributed by atoms with Crippen molar-refractivity contribution in [1.82, 2.24) is 9.78 Å². The lowest BCUT2D eigenvalue weighted by atomic mass is 9.85. The van der Waals surface area contributed by atoms with Crippen LogP contribution < -0.4 is 9.04 Å². The number of aromatic nitrogens is 2. The number of carbonyl (C=O) groups is 1. The minimum absolute atomic E-state index is 0.386. The van der Waals surface area contributed by atoms with Gasteiger partial charge in [-0.1, -0.05) is 37.9 Å². The van der Waals surface area contributed by atoms with Gasteiger partial charge in [-0.05, 0) is 91.4 Å². The molecule has 0 radical (unpaired) electrons. The van der Waals surface area contributed by atoms with Gasteiger partial charge >= 0.3 is 0 Å². The molecule has 0 atom stereocenters. The first-order valence-corrected chi connectivity index (χ1v) is 14.5. The van der Waals surface area contributed by atoms with Crippen LogP contribution in [-0.2, 0) is 24.8 Å². The summed E-state index contributed by atoms with van der Waals surface area (Å²) < 4.78 is 9.67. The van der Waals surface area contributed by atoms with Gasteiger partial charge in [-0.3, -0.25) is 4.68 Å². The summed E-state index contributed by atoms with van der Waals surface area (Å²) in [5, 5.41) is 14.0. The maximum absolute atomic E-state index is 11.7. The Morgan fingerprint density at radius 3 is 2.38 bits per heavy atom. The summed E-state index contributed by atoms with van der Waals surface area (Å²) in [6.45, 7) is 12.2. The summed E-state index contributed by atoms with van der Waals surface area (Å²) >= 11 is 1.71. The van der Waals surface area contributed by atoms with E-state index in [0.717, 1.165) is 51.7 Å². The molecule has 0 unspecified atom stereocenters. The van der Waals surface area contributed by atoms with Gasteiger partial charge in [0.15, 0.2) is 0 Å². The van der Waals surface area contributed by atoms with Crippen LogP contribution in [0.1, 0.15) is 51.3 Å². The number of fused-ring (bicyclic) bond motifs is 4. The first-order chi connectivity index (χ1) is 18.5. The summed E-state index contributed by atoms with van der Waals surface area (Å²) in [5.74, 6) is 0.866. The van der Waals surface area contributed by atoms with E-state index in [1.165, 1.54) is 22.4 Å². The third-order valence-corrected chi connectivity index (χ3v) is 7.16. The average molecular weight is 548 g/mol. The predicted molar refractivity (Wildman–Crippen MR) is 166 cm³/mol. The number of ether oxygens (including phenoxy) is 1. The molecule has 1 N–H and O–H groups in total. The normalized spacial score (nSPS) is 12.0. The molecule has 2 heterocycles. The van der Waals surface area contributed by atoms with E-state index in [0.29, 0.717) is 6.42 Å². The summed E-state index contributed by atoms with van der Waals surface area (Å²) in [6.07, 6.45) is 5.38. The second-order valence-corrected chi connectivity index (χ2v) is 11.1. The molecule has 6 nitrogen and oxygen atoms in total. The predicted octanol–water partition coefficient (Wildman–Crippen LogP) is 7.37. The highest BCUT2D eigenvalue weighted by Crippen LogP contribution is 2.48. The molecule has 0 amide bonds. The van der Waals surface area contributed by atoms with Crippen LogP contribution in [0.15, 0.2) is 48.7 Å². The van der Waals surface area contributed by atoms with E-state index in [4.69, 9.17) is 9.84 Å². The Labute approximate surface area is 237 Å². The summed E-state index contributed by atoms with van der Waals surface area (Å²) in [5.41, 5.74) is 9.87. The van der Waals surface area contributed by atoms with Crippen LogP contribution in [0.25, 0.3) is 33.2 Å². The molecule has 1 aromatic heterocycles. The fourth-order valence-electron chi connectivity index (χ4n) is 4.79. The molecule has 0 saturated heterocycles. The number of nitrogens with zero attached hydrogens (tertiary/aromatic N) is 3. The van der Waals surface area contributed by atoms with Crippen molar-refractivity contribution in [3.8, 4) is 28.0 Å². The largest absolute Gasteiger partial charge is 0.497 e. The number of hydrogen-bond donors (Lipinski definition) is 1. The van der Waals surface area contributed by atoms with Crippen molar-refractivity contribution >= 4 is 34.8 Å². The molecule has 3 aromatic carbocycles. The molecule has 208 valence electrons. The molecule has 0 bridgehead atoms. The van der Waals surface area contributed by atoms with E-state index in [2.05, 4.69) is 59.0 Å². The number of aldehydes is 1. The van der Waals surface area contributed by atoms with Gasteiger partial charge in [-0.15, -0.1) is 0 Å². The number of methoxy groups -OCH3 is 1. The van der Waals surface area contributed by atoms with E-state index in [-0.39, 0.29) is 0 Å². The van der Waals surface area contributed by atoms with Crippen molar-refractivity contribution in [3.05, 3.63) is 65.4 Å². The molecule has 0 spiro atoms. The third-order valence-electron chi connectivity index (χ3n) is 6.41. The lowest BCUT2D eigenvalue weighted by Gasteiger charge is -2.34. The van der Waals surface area contributed by atoms with Gasteiger partial charge in [0.1, 0.15) is 12.0 Å². The topological polar surface area (TPSA) is 67.6 Å². The second kappa shape index (κ2) is 12.7. The van der Waals surface area contributed by atoms with Gasteiger partial charge in [0.05, 0.1) is 36.7 Å². The summed E-state index contributed by atoms with van der Waals surface area (Å²) in [4.78, 5) is 11.7. The Morgan fingerprint density at radius 2 is 1.77 bits per heavy atom. The fraction of sp³-hybridized carbons (Fsp3) is 0.375. The molecule has 0 fully saturated rings. The average Bonchev–Trinajstić information content (AvgIpc) is 3.29. The van der Waals surface area contributed by atoms with Gasteiger partial charge in [-0.2, -0.15) is 5.10 Å². The van der Waals surface area contributed by atoms with E-state index in [1.807, 2.05) is 37.8 Å². The quantitative estimate of drug-likeness (QED) is 0.208. The van der Waals surface area contributed by atoms with Crippen molar-refractivity contribution < 1.29 is 14.6 Å². The fourth-order valence-corrected chi connectivity index (χ4v) is 5.47. The van der Waals surface area contributed by atoms with Crippen LogP contribution in [-0.4, -0.2) is 40.1 Å². The number of hydrogen-bond acceptors (Lipinski definition) is 6. The molecular formula is C32H41N3O3S. The lowest BCUT2D eigenvalue weighted by Crippen LogP contribution is -2.21. The number of benzene rings is 3. The van der Waals surface area contributed by atoms with Crippen LogP contribution in [0, 0.1) is 6.92 Å². The highest BCUT2D eigenvalue weighted by Gasteiger charge is 2.27. The zero-order valence-corrected chi connectivity index (χ0v) is 25.4. The van der Waals surface area contributed by atoms with E-state index >= 15 is 0 Å². The summed E-state index contributed by atoms with van der Waals surface area (Å²) in [6, 6.07) is 14.9. The molecule has 5 rings (SSSR count). The van der Waals surface area contributed by atoms with Crippen molar-refractivity contribution in [2.24, 2.45) is 7.05 Å². The highest BCUT2D eigenvalue weighted by atomic mass is 32.2. The van der Waals surface area contributed by atoms with Gasteiger partial charge in [-0.25, -0.2) is 0 Å². The number of anilines is 1. The van der Waals surface area contributed by atoms with E-state index in [1.54, 1.807) is 39.8 Å². The standard InChI is InChI=1S/C26H25N3O2S.C4H10O.C2H6/c1-16-21(9-10-30)23(17-5-8-25-18(11-17)14-27-28(25)2)13-24-22-7-6-20(31-3)12-19(22)15-29(32-4)26(16)24;1-4(2,3)5;1-2/h5-8,10-14H,9,15H2,1-4H3;5H,1-3H3;1-2H3. The minimum atomic E-state index is -0.500. The summed E-state index contributed by atoms with van der Waals surface area (Å²) in [7, 11) is 3.65. The van der Waals surface area contributed by atoms with Crippen molar-refractivity contribution in [2.75, 3.05) is 17.7 Å². The highest BCUT2D eigenvalue weighted by molar-refractivity contribution is 7.99. The van der Waals surface area contributed by atoms with E-state index in [9.17, 15) is 4.79 Å². The molecule has 39 heavy (non-hydrogen) atoms. The van der Waals surface area contributed by atoms with Crippen LogP contribution in [0.5, 0.6) is 5.75 Å². The first-order valence-electron chi connectivity index (χ1n) is 13.3. The Bertz CT molecular complexity index is 1450. The van der Waals surface area contributed by atoms with Crippen LogP contribution in [0.4, 0.5) is 5.69 Å². The van der Waals surface area contributed by atoms with Gasteiger partial charge in [0, 0.05) is 30.7 Å². The first kappa shape index (κ1) is 30.3. The van der Waals surface area contributed by atoms with Crippen LogP contribution in [0.3, 0.4) is 0 Å². The third kappa shape index (κ3) is 6.65. The van der Waals surface area contributed by atoms with Gasteiger partial charge in [0.2, 0.25) is 0 Å². The number of rotatable bonds is 5. The Balaban J connectivity index is 0.000000542. The van der Waals surface area contributed by atoms with Gasteiger partial charge < -0.3 is 18.9 Å². The zero-order valence-electron chi connectivity index (χ0n) is 24.6. The Kier molecular flexibility index (Phi) is 9.86. The molecular weight excluding hydrogens is 506 g/mol. The minimum Gasteiger partial charge on any atom is -0.497 e. The monoisotopic (exact) mass is 547 g/mol. The Hall–Kier alpha value is -3.29. The van der Waals surface area contributed by atoms with Gasteiger partial charge in [0.25, 0.3) is 0 Å². The molecule has 4 aromatic rings. The second-order valence-electron chi connectivity index (χ2n) is 10.2. The maximum atomic E-state index is 11.7. The SMILES string of the molecule is CC.CC(C)(C)O.COc1ccc2c(c1)CN(SC)c1c-2cc(-c2ccc3c(cnn3C)c2)c(CC=O)c1C. The number of aryl methyl sites for hydroxylation is 1. The van der Waals surface area contributed by atoms with E-state index < -0.39 is 5.60 Å². The molecule has 0 saturated carbocycles. The molecule has 7 heteroatoms. The molecule has 0 aliphatic carbocycles. The van der Waals surface area contributed by atoms with Crippen molar-refractivity contribution in [1.29, 1.82) is 0 Å². The lowest BCUT2D eigenvalue weighted by molar-refractivity contribution is -0.107. The molecule has 1 aliphatic heterocycles. The van der Waals surface area contributed by atoms with Crippen LogP contribution >= 0.6 is 11.9 Å². The number of aliphatic hydroxyl groups is 1. The molecule has 1 aliphatic rings. The smallest absolute Gasteiger partial charge is 0.124 e. The Morgan fingerprint density at radius 1 is 1.08 bits per heavy atom. The van der Waals surface area contributed by atoms with Crippen LogP contribution in [0.2, 0.25) is 0 Å². The maximum Gasteiger partial charge on any atom is 0.124 e.